The van der Waals surface area contributed by atoms with E-state index >= 15 is 0 Å². The first-order chi connectivity index (χ1) is 15.0. The Morgan fingerprint density at radius 3 is 2.48 bits per heavy atom. The molecule has 8 heteroatoms. The predicted molar refractivity (Wildman–Crippen MR) is 115 cm³/mol. The van der Waals surface area contributed by atoms with Crippen molar-refractivity contribution in [1.29, 1.82) is 0 Å². The van der Waals surface area contributed by atoms with Gasteiger partial charge in [0.2, 0.25) is 5.95 Å². The molecule has 0 radical (unpaired) electrons. The minimum absolute atomic E-state index is 0.168. The van der Waals surface area contributed by atoms with Gasteiger partial charge in [0.15, 0.2) is 0 Å². The SMILES string of the molecule is O=C1c2ccccc2C(=O)N1CCCC#Cc1cnc(Nc2cccc(F)c2)nc1Cl. The summed E-state index contributed by atoms with van der Waals surface area (Å²) in [4.78, 5) is 34.2. The first-order valence-electron chi connectivity index (χ1n) is 9.52. The van der Waals surface area contributed by atoms with Gasteiger partial charge in [-0.2, -0.15) is 4.98 Å². The molecule has 0 atom stereocenters. The number of amides is 2. The maximum absolute atomic E-state index is 13.3. The molecule has 0 spiro atoms. The smallest absolute Gasteiger partial charge is 0.261 e. The molecule has 1 aliphatic heterocycles. The first-order valence-corrected chi connectivity index (χ1v) is 9.90. The fourth-order valence-electron chi connectivity index (χ4n) is 3.13. The normalized spacial score (nSPS) is 12.4. The van der Waals surface area contributed by atoms with Crippen molar-refractivity contribution in [3.8, 4) is 11.8 Å². The van der Waals surface area contributed by atoms with Crippen LogP contribution in [0, 0.1) is 17.7 Å². The van der Waals surface area contributed by atoms with Gasteiger partial charge >= 0.3 is 0 Å². The summed E-state index contributed by atoms with van der Waals surface area (Å²) in [5.74, 6) is 5.16. The monoisotopic (exact) mass is 434 g/mol. The van der Waals surface area contributed by atoms with Crippen LogP contribution in [0.2, 0.25) is 5.15 Å². The largest absolute Gasteiger partial charge is 0.324 e. The maximum atomic E-state index is 13.3. The second kappa shape index (κ2) is 8.94. The number of nitrogens with zero attached hydrogens (tertiary/aromatic N) is 3. The van der Waals surface area contributed by atoms with E-state index in [0.717, 1.165) is 0 Å². The van der Waals surface area contributed by atoms with Crippen molar-refractivity contribution in [3.63, 3.8) is 0 Å². The van der Waals surface area contributed by atoms with Crippen LogP contribution in [0.15, 0.2) is 54.7 Å². The predicted octanol–water partition coefficient (Wildman–Crippen LogP) is 4.44. The van der Waals surface area contributed by atoms with Crippen molar-refractivity contribution in [2.24, 2.45) is 0 Å². The Kier molecular flexibility index (Phi) is 5.92. The molecule has 0 bridgehead atoms. The molecule has 0 saturated carbocycles. The van der Waals surface area contributed by atoms with Crippen LogP contribution in [0.1, 0.15) is 39.1 Å². The lowest BCUT2D eigenvalue weighted by atomic mass is 10.1. The number of imide groups is 1. The Balaban J connectivity index is 1.32. The standard InChI is InChI=1S/C23H16ClFN4O2/c24-20-15(14-26-23(28-20)27-17-9-6-8-16(25)13-17)7-2-1-5-12-29-21(30)18-10-3-4-11-19(18)22(29)31/h3-4,6,8-11,13-14H,1,5,12H2,(H,26,27,28). The first kappa shape index (κ1) is 20.5. The summed E-state index contributed by atoms with van der Waals surface area (Å²) in [6.45, 7) is 0.293. The summed E-state index contributed by atoms with van der Waals surface area (Å²) in [7, 11) is 0. The second-order valence-corrected chi connectivity index (χ2v) is 7.10. The number of unbranched alkanes of at least 4 members (excludes halogenated alkanes) is 1. The number of hydrogen-bond donors (Lipinski definition) is 1. The summed E-state index contributed by atoms with van der Waals surface area (Å²) in [6, 6.07) is 12.7. The fraction of sp³-hybridized carbons (Fsp3) is 0.130. The molecular formula is C23H16ClFN4O2. The number of fused-ring (bicyclic) bond motifs is 1. The zero-order valence-corrected chi connectivity index (χ0v) is 17.0. The zero-order valence-electron chi connectivity index (χ0n) is 16.2. The molecule has 4 rings (SSSR count). The summed E-state index contributed by atoms with van der Waals surface area (Å²) in [5, 5.41) is 3.04. The van der Waals surface area contributed by atoms with Crippen molar-refractivity contribution in [2.75, 3.05) is 11.9 Å². The Labute approximate surface area is 183 Å². The van der Waals surface area contributed by atoms with Crippen molar-refractivity contribution >= 4 is 35.1 Å². The van der Waals surface area contributed by atoms with Crippen molar-refractivity contribution in [2.45, 2.75) is 12.8 Å². The van der Waals surface area contributed by atoms with Gasteiger partial charge in [-0.05, 0) is 36.8 Å². The number of nitrogens with one attached hydrogen (secondary N) is 1. The maximum Gasteiger partial charge on any atom is 0.261 e. The lowest BCUT2D eigenvalue weighted by Gasteiger charge is -2.12. The molecule has 31 heavy (non-hydrogen) atoms. The average molecular weight is 435 g/mol. The van der Waals surface area contributed by atoms with Gasteiger partial charge in [0.05, 0.1) is 16.7 Å². The molecule has 0 saturated heterocycles. The van der Waals surface area contributed by atoms with E-state index in [9.17, 15) is 14.0 Å². The number of halogens is 2. The van der Waals surface area contributed by atoms with E-state index in [-0.39, 0.29) is 28.7 Å². The van der Waals surface area contributed by atoms with Crippen molar-refractivity contribution in [3.05, 3.63) is 82.4 Å². The Hall–Kier alpha value is -3.76. The van der Waals surface area contributed by atoms with Crippen LogP contribution in [0.3, 0.4) is 0 Å². The molecule has 2 heterocycles. The molecular weight excluding hydrogens is 419 g/mol. The van der Waals surface area contributed by atoms with Gasteiger partial charge in [0, 0.05) is 24.8 Å². The van der Waals surface area contributed by atoms with Crippen LogP contribution in [-0.4, -0.2) is 33.2 Å². The van der Waals surface area contributed by atoms with E-state index in [4.69, 9.17) is 11.6 Å². The molecule has 1 N–H and O–H groups in total. The number of carbonyl (C=O) groups is 2. The quantitative estimate of drug-likeness (QED) is 0.278. The molecule has 3 aromatic rings. The lowest BCUT2D eigenvalue weighted by molar-refractivity contribution is 0.0653. The number of carbonyl (C=O) groups excluding carboxylic acids is 2. The molecule has 1 aromatic heterocycles. The van der Waals surface area contributed by atoms with Gasteiger partial charge in [0.25, 0.3) is 11.8 Å². The Bertz CT molecular complexity index is 1200. The minimum atomic E-state index is -0.375. The third-order valence-electron chi connectivity index (χ3n) is 4.61. The van der Waals surface area contributed by atoms with Gasteiger partial charge in [-0.3, -0.25) is 14.5 Å². The highest BCUT2D eigenvalue weighted by molar-refractivity contribution is 6.30. The highest BCUT2D eigenvalue weighted by Gasteiger charge is 2.34. The van der Waals surface area contributed by atoms with E-state index in [2.05, 4.69) is 27.1 Å². The summed E-state index contributed by atoms with van der Waals surface area (Å²) in [5.41, 5.74) is 1.83. The molecule has 0 aliphatic carbocycles. The van der Waals surface area contributed by atoms with E-state index in [0.29, 0.717) is 41.8 Å². The van der Waals surface area contributed by atoms with E-state index < -0.39 is 0 Å². The number of hydrogen-bond acceptors (Lipinski definition) is 5. The second-order valence-electron chi connectivity index (χ2n) is 6.75. The number of anilines is 2. The Morgan fingerprint density at radius 1 is 1.06 bits per heavy atom. The molecule has 2 amide bonds. The van der Waals surface area contributed by atoms with Crippen LogP contribution < -0.4 is 5.32 Å². The Morgan fingerprint density at radius 2 is 1.81 bits per heavy atom. The minimum Gasteiger partial charge on any atom is -0.324 e. The van der Waals surface area contributed by atoms with E-state index in [1.807, 2.05) is 0 Å². The third kappa shape index (κ3) is 4.55. The molecule has 6 nitrogen and oxygen atoms in total. The van der Waals surface area contributed by atoms with Crippen LogP contribution in [0.25, 0.3) is 0 Å². The molecule has 1 aliphatic rings. The van der Waals surface area contributed by atoms with Crippen LogP contribution in [0.5, 0.6) is 0 Å². The van der Waals surface area contributed by atoms with E-state index in [1.54, 1.807) is 36.4 Å². The van der Waals surface area contributed by atoms with Crippen molar-refractivity contribution < 1.29 is 14.0 Å². The lowest BCUT2D eigenvalue weighted by Crippen LogP contribution is -2.30. The third-order valence-corrected chi connectivity index (χ3v) is 4.90. The van der Waals surface area contributed by atoms with Crippen LogP contribution >= 0.6 is 11.6 Å². The van der Waals surface area contributed by atoms with Crippen molar-refractivity contribution in [1.82, 2.24) is 14.9 Å². The van der Waals surface area contributed by atoms with Gasteiger partial charge in [0.1, 0.15) is 11.0 Å². The summed E-state index contributed by atoms with van der Waals surface area (Å²) >= 11 is 6.17. The number of benzene rings is 2. The van der Waals surface area contributed by atoms with Crippen LogP contribution in [-0.2, 0) is 0 Å². The summed E-state index contributed by atoms with van der Waals surface area (Å²) < 4.78 is 13.3. The van der Waals surface area contributed by atoms with Gasteiger partial charge < -0.3 is 5.32 Å². The topological polar surface area (TPSA) is 75.2 Å². The average Bonchev–Trinajstić information content (AvgIpc) is 3.00. The highest BCUT2D eigenvalue weighted by Crippen LogP contribution is 2.22. The zero-order chi connectivity index (χ0) is 21.8. The number of rotatable bonds is 5. The molecule has 2 aromatic carbocycles. The van der Waals surface area contributed by atoms with Gasteiger partial charge in [-0.25, -0.2) is 9.37 Å². The molecule has 0 unspecified atom stereocenters. The van der Waals surface area contributed by atoms with Gasteiger partial charge in [-0.1, -0.05) is 41.6 Å². The van der Waals surface area contributed by atoms with E-state index in [1.165, 1.54) is 23.2 Å². The summed E-state index contributed by atoms with van der Waals surface area (Å²) in [6.07, 6.45) is 2.48. The van der Waals surface area contributed by atoms with Crippen LogP contribution in [0.4, 0.5) is 16.0 Å². The van der Waals surface area contributed by atoms with Gasteiger partial charge in [-0.15, -0.1) is 0 Å². The fourth-order valence-corrected chi connectivity index (χ4v) is 3.30. The number of aromatic nitrogens is 2. The highest BCUT2D eigenvalue weighted by atomic mass is 35.5. The molecule has 154 valence electrons. The molecule has 0 fully saturated rings.